The van der Waals surface area contributed by atoms with E-state index in [1.54, 1.807) is 12.5 Å². The van der Waals surface area contributed by atoms with Crippen molar-refractivity contribution in [3.05, 3.63) is 55.1 Å². The molecular weight excluding hydrogens is 336 g/mol. The van der Waals surface area contributed by atoms with Crippen LogP contribution < -0.4 is 10.1 Å². The van der Waals surface area contributed by atoms with E-state index in [0.29, 0.717) is 18.1 Å². The SMILES string of the molecule is O=C(NCCCn1ccnc1)Oc1cc(-c2cc3ccccc3o2)on1. The Kier molecular flexibility index (Phi) is 4.38. The number of para-hydroxylation sites is 1. The van der Waals surface area contributed by atoms with Gasteiger partial charge in [-0.3, -0.25) is 0 Å². The number of ether oxygens (including phenoxy) is 1. The van der Waals surface area contributed by atoms with Gasteiger partial charge in [0, 0.05) is 30.9 Å². The first-order valence-electron chi connectivity index (χ1n) is 8.15. The van der Waals surface area contributed by atoms with Gasteiger partial charge >= 0.3 is 6.09 Å². The molecular formula is C18H16N4O4. The smallest absolute Gasteiger partial charge is 0.414 e. The van der Waals surface area contributed by atoms with Crippen LogP contribution in [0.25, 0.3) is 22.5 Å². The van der Waals surface area contributed by atoms with Crippen molar-refractivity contribution in [1.29, 1.82) is 0 Å². The van der Waals surface area contributed by atoms with E-state index >= 15 is 0 Å². The third-order valence-electron chi connectivity index (χ3n) is 3.78. The average Bonchev–Trinajstić information content (AvgIpc) is 3.38. The summed E-state index contributed by atoms with van der Waals surface area (Å²) in [7, 11) is 0. The Hall–Kier alpha value is -3.55. The summed E-state index contributed by atoms with van der Waals surface area (Å²) < 4.78 is 17.9. The number of carbonyl (C=O) groups excluding carboxylic acids is 1. The Morgan fingerprint density at radius 3 is 3.00 bits per heavy atom. The Balaban J connectivity index is 1.30. The Morgan fingerprint density at radius 2 is 2.15 bits per heavy atom. The molecule has 1 amide bonds. The lowest BCUT2D eigenvalue weighted by Crippen LogP contribution is -2.28. The summed E-state index contributed by atoms with van der Waals surface area (Å²) in [6.45, 7) is 1.24. The Labute approximate surface area is 148 Å². The lowest BCUT2D eigenvalue weighted by Gasteiger charge is -2.04. The average molecular weight is 352 g/mol. The number of aryl methyl sites for hydroxylation is 1. The molecule has 0 fully saturated rings. The van der Waals surface area contributed by atoms with E-state index in [-0.39, 0.29) is 5.88 Å². The highest BCUT2D eigenvalue weighted by molar-refractivity contribution is 5.82. The molecule has 4 rings (SSSR count). The quantitative estimate of drug-likeness (QED) is 0.534. The lowest BCUT2D eigenvalue weighted by atomic mass is 10.2. The van der Waals surface area contributed by atoms with E-state index < -0.39 is 6.09 Å². The minimum absolute atomic E-state index is 0.0764. The molecule has 0 unspecified atom stereocenters. The van der Waals surface area contributed by atoms with Gasteiger partial charge in [-0.05, 0) is 23.7 Å². The summed E-state index contributed by atoms with van der Waals surface area (Å²) in [5.41, 5.74) is 0.747. The van der Waals surface area contributed by atoms with Gasteiger partial charge in [-0.1, -0.05) is 18.2 Å². The molecule has 3 aromatic heterocycles. The van der Waals surface area contributed by atoms with Crippen molar-refractivity contribution in [3.8, 4) is 17.4 Å². The molecule has 0 aliphatic carbocycles. The van der Waals surface area contributed by atoms with Gasteiger partial charge in [0.1, 0.15) is 5.58 Å². The predicted molar refractivity (Wildman–Crippen MR) is 92.6 cm³/mol. The number of benzene rings is 1. The van der Waals surface area contributed by atoms with Crippen molar-refractivity contribution >= 4 is 17.1 Å². The van der Waals surface area contributed by atoms with Gasteiger partial charge < -0.3 is 23.6 Å². The number of fused-ring (bicyclic) bond motifs is 1. The number of amides is 1. The van der Waals surface area contributed by atoms with Gasteiger partial charge in [0.2, 0.25) is 5.76 Å². The first kappa shape index (κ1) is 15.9. The van der Waals surface area contributed by atoms with Crippen LogP contribution in [0.15, 0.2) is 64.1 Å². The summed E-state index contributed by atoms with van der Waals surface area (Å²) in [6, 6.07) is 11.0. The van der Waals surface area contributed by atoms with E-state index in [9.17, 15) is 4.79 Å². The van der Waals surface area contributed by atoms with Crippen LogP contribution in [0.5, 0.6) is 5.88 Å². The zero-order valence-corrected chi connectivity index (χ0v) is 13.8. The van der Waals surface area contributed by atoms with Gasteiger partial charge in [0.05, 0.1) is 12.4 Å². The summed E-state index contributed by atoms with van der Waals surface area (Å²) in [6.07, 6.45) is 5.49. The molecule has 0 saturated heterocycles. The fraction of sp³-hybridized carbons (Fsp3) is 0.167. The van der Waals surface area contributed by atoms with Crippen LogP contribution in [0.2, 0.25) is 0 Å². The molecule has 8 nitrogen and oxygen atoms in total. The summed E-state index contributed by atoms with van der Waals surface area (Å²) in [5.74, 6) is 0.992. The fourth-order valence-electron chi connectivity index (χ4n) is 2.53. The molecule has 0 spiro atoms. The number of furan rings is 1. The van der Waals surface area contributed by atoms with E-state index in [4.69, 9.17) is 13.7 Å². The zero-order chi connectivity index (χ0) is 17.8. The van der Waals surface area contributed by atoms with Gasteiger partial charge in [-0.25, -0.2) is 9.78 Å². The second-order valence-electron chi connectivity index (χ2n) is 5.65. The molecule has 0 saturated carbocycles. The normalized spacial score (nSPS) is 10.9. The van der Waals surface area contributed by atoms with Crippen molar-refractivity contribution in [1.82, 2.24) is 20.0 Å². The standard InChI is InChI=1S/C18H16N4O4/c23-18(20-6-3-8-22-9-7-19-12-22)25-17-11-16(26-21-17)15-10-13-4-1-2-5-14(13)24-15/h1-2,4-5,7,9-12H,3,6,8H2,(H,20,23). The van der Waals surface area contributed by atoms with Crippen LogP contribution in [0, 0.1) is 0 Å². The second-order valence-corrected chi connectivity index (χ2v) is 5.65. The lowest BCUT2D eigenvalue weighted by molar-refractivity contribution is 0.195. The topological polar surface area (TPSA) is 95.3 Å². The molecule has 1 N–H and O–H groups in total. The van der Waals surface area contributed by atoms with E-state index in [0.717, 1.165) is 23.9 Å². The molecule has 8 heteroatoms. The van der Waals surface area contributed by atoms with Crippen LogP contribution in [0.3, 0.4) is 0 Å². The highest BCUT2D eigenvalue weighted by atomic mass is 16.6. The minimum atomic E-state index is -0.583. The van der Waals surface area contributed by atoms with Crippen LogP contribution in [-0.4, -0.2) is 27.3 Å². The third-order valence-corrected chi connectivity index (χ3v) is 3.78. The molecule has 1 aromatic carbocycles. The number of carbonyl (C=O) groups is 1. The van der Waals surface area contributed by atoms with Gasteiger partial charge in [-0.2, -0.15) is 0 Å². The predicted octanol–water partition coefficient (Wildman–Crippen LogP) is 3.46. The van der Waals surface area contributed by atoms with E-state index in [1.165, 1.54) is 6.07 Å². The number of imidazole rings is 1. The van der Waals surface area contributed by atoms with Crippen molar-refractivity contribution in [2.75, 3.05) is 6.54 Å². The van der Waals surface area contributed by atoms with Gasteiger partial charge in [-0.15, -0.1) is 0 Å². The Morgan fingerprint density at radius 1 is 1.23 bits per heavy atom. The largest absolute Gasteiger partial charge is 0.453 e. The summed E-state index contributed by atoms with van der Waals surface area (Å²) in [5, 5.41) is 7.36. The van der Waals surface area contributed by atoms with E-state index in [2.05, 4.69) is 15.5 Å². The number of hydrogen-bond donors (Lipinski definition) is 1. The number of nitrogens with one attached hydrogen (secondary N) is 1. The van der Waals surface area contributed by atoms with Gasteiger partial charge in [0.15, 0.2) is 5.76 Å². The van der Waals surface area contributed by atoms with Crippen molar-refractivity contribution in [2.24, 2.45) is 0 Å². The number of hydrogen-bond acceptors (Lipinski definition) is 6. The van der Waals surface area contributed by atoms with Crippen LogP contribution in [-0.2, 0) is 6.54 Å². The molecule has 4 aromatic rings. The monoisotopic (exact) mass is 352 g/mol. The highest BCUT2D eigenvalue weighted by Crippen LogP contribution is 2.29. The number of aromatic nitrogens is 3. The van der Waals surface area contributed by atoms with Crippen molar-refractivity contribution < 1.29 is 18.5 Å². The fourth-order valence-corrected chi connectivity index (χ4v) is 2.53. The number of rotatable bonds is 6. The molecule has 3 heterocycles. The van der Waals surface area contributed by atoms with Crippen LogP contribution in [0.4, 0.5) is 4.79 Å². The molecule has 132 valence electrons. The highest BCUT2D eigenvalue weighted by Gasteiger charge is 2.14. The molecule has 0 atom stereocenters. The maximum Gasteiger partial charge on any atom is 0.414 e. The maximum atomic E-state index is 11.8. The molecule has 0 aliphatic rings. The first-order chi connectivity index (χ1) is 12.8. The summed E-state index contributed by atoms with van der Waals surface area (Å²) >= 11 is 0. The van der Waals surface area contributed by atoms with Crippen molar-refractivity contribution in [3.63, 3.8) is 0 Å². The van der Waals surface area contributed by atoms with Crippen LogP contribution in [0.1, 0.15) is 6.42 Å². The third kappa shape index (κ3) is 3.59. The second kappa shape index (κ2) is 7.14. The summed E-state index contributed by atoms with van der Waals surface area (Å²) in [4.78, 5) is 15.8. The van der Waals surface area contributed by atoms with Crippen molar-refractivity contribution in [2.45, 2.75) is 13.0 Å². The first-order valence-corrected chi connectivity index (χ1v) is 8.15. The minimum Gasteiger partial charge on any atom is -0.453 e. The van der Waals surface area contributed by atoms with Gasteiger partial charge in [0.25, 0.3) is 5.88 Å². The Bertz CT molecular complexity index is 970. The molecule has 26 heavy (non-hydrogen) atoms. The maximum absolute atomic E-state index is 11.8. The molecule has 0 aliphatic heterocycles. The van der Waals surface area contributed by atoms with Crippen LogP contribution >= 0.6 is 0 Å². The molecule has 0 bridgehead atoms. The zero-order valence-electron chi connectivity index (χ0n) is 13.8. The van der Waals surface area contributed by atoms with E-state index in [1.807, 2.05) is 41.1 Å². The molecule has 0 radical (unpaired) electrons. The number of nitrogens with zero attached hydrogens (tertiary/aromatic N) is 3.